The molecule has 1 aromatic heterocycles. The van der Waals surface area contributed by atoms with Crippen molar-refractivity contribution in [2.24, 2.45) is 5.41 Å². The van der Waals surface area contributed by atoms with Crippen LogP contribution in [-0.2, 0) is 9.53 Å². The Morgan fingerprint density at radius 2 is 2.00 bits per heavy atom. The van der Waals surface area contributed by atoms with E-state index in [1.807, 2.05) is 0 Å². The molecule has 0 saturated heterocycles. The summed E-state index contributed by atoms with van der Waals surface area (Å²) in [4.78, 5) is 28.6. The lowest BCUT2D eigenvalue weighted by molar-refractivity contribution is -0.134. The van der Waals surface area contributed by atoms with Crippen LogP contribution in [0.1, 0.15) is 29.6 Å². The van der Waals surface area contributed by atoms with Crippen LogP contribution in [0.2, 0.25) is 0 Å². The molecule has 126 valence electrons. The summed E-state index contributed by atoms with van der Waals surface area (Å²) in [6.45, 7) is 0.438. The van der Waals surface area contributed by atoms with E-state index in [2.05, 4.69) is 15.6 Å². The van der Waals surface area contributed by atoms with Crippen LogP contribution in [0.25, 0.3) is 0 Å². The van der Waals surface area contributed by atoms with Crippen molar-refractivity contribution in [2.45, 2.75) is 19.3 Å². The van der Waals surface area contributed by atoms with Crippen molar-refractivity contribution >= 4 is 34.0 Å². The molecule has 2 aromatic rings. The SMILES string of the molecule is COCC1(C(=O)Nc2ccc(C(=O)Nc3nccs3)cc2)CCC1. The zero-order chi connectivity index (χ0) is 17.0. The Bertz CT molecular complexity index is 709. The van der Waals surface area contributed by atoms with Gasteiger partial charge in [0.15, 0.2) is 5.13 Å². The molecular weight excluding hydrogens is 326 g/mol. The molecule has 1 saturated carbocycles. The number of nitrogens with zero attached hydrogens (tertiary/aromatic N) is 1. The second-order valence-corrected chi connectivity index (χ2v) is 6.78. The van der Waals surface area contributed by atoms with Gasteiger partial charge in [-0.25, -0.2) is 4.98 Å². The topological polar surface area (TPSA) is 80.3 Å². The van der Waals surface area contributed by atoms with Gasteiger partial charge in [0.05, 0.1) is 12.0 Å². The van der Waals surface area contributed by atoms with Crippen LogP contribution < -0.4 is 10.6 Å². The molecule has 1 aliphatic rings. The predicted molar refractivity (Wildman–Crippen MR) is 93.3 cm³/mol. The number of carbonyl (C=O) groups is 2. The highest BCUT2D eigenvalue weighted by Crippen LogP contribution is 2.42. The molecule has 1 heterocycles. The lowest BCUT2D eigenvalue weighted by Crippen LogP contribution is -2.45. The summed E-state index contributed by atoms with van der Waals surface area (Å²) >= 11 is 1.36. The number of anilines is 2. The van der Waals surface area contributed by atoms with E-state index in [-0.39, 0.29) is 11.8 Å². The molecule has 0 bridgehead atoms. The number of benzene rings is 1. The molecule has 0 spiro atoms. The van der Waals surface area contributed by atoms with Crippen LogP contribution in [0.3, 0.4) is 0 Å². The first-order valence-electron chi connectivity index (χ1n) is 7.74. The maximum Gasteiger partial charge on any atom is 0.257 e. The standard InChI is InChI=1S/C17H19N3O3S/c1-23-11-17(7-2-8-17)15(22)19-13-5-3-12(4-6-13)14(21)20-16-18-9-10-24-16/h3-6,9-10H,2,7-8,11H2,1H3,(H,19,22)(H,18,20,21). The molecule has 6 nitrogen and oxygen atoms in total. The number of ether oxygens (including phenoxy) is 1. The normalized spacial score (nSPS) is 15.4. The zero-order valence-corrected chi connectivity index (χ0v) is 14.2. The Labute approximate surface area is 144 Å². The van der Waals surface area contributed by atoms with Gasteiger partial charge in [0.1, 0.15) is 0 Å². The van der Waals surface area contributed by atoms with Crippen molar-refractivity contribution in [3.8, 4) is 0 Å². The molecule has 3 rings (SSSR count). The highest BCUT2D eigenvalue weighted by molar-refractivity contribution is 7.13. The van der Waals surface area contributed by atoms with Crippen molar-refractivity contribution < 1.29 is 14.3 Å². The third-order valence-electron chi connectivity index (χ3n) is 4.27. The number of amides is 2. The summed E-state index contributed by atoms with van der Waals surface area (Å²) in [7, 11) is 1.61. The van der Waals surface area contributed by atoms with Gasteiger partial charge in [0, 0.05) is 29.9 Å². The number of methoxy groups -OCH3 is 1. The van der Waals surface area contributed by atoms with Gasteiger partial charge in [-0.1, -0.05) is 6.42 Å². The summed E-state index contributed by atoms with van der Waals surface area (Å²) in [5.74, 6) is -0.242. The van der Waals surface area contributed by atoms with Gasteiger partial charge in [-0.2, -0.15) is 0 Å². The minimum Gasteiger partial charge on any atom is -0.384 e. The van der Waals surface area contributed by atoms with Crippen LogP contribution in [0.4, 0.5) is 10.8 Å². The summed E-state index contributed by atoms with van der Waals surface area (Å²) in [5, 5.41) is 8.00. The van der Waals surface area contributed by atoms with Crippen molar-refractivity contribution in [1.82, 2.24) is 4.98 Å². The minimum absolute atomic E-state index is 0.0180. The van der Waals surface area contributed by atoms with E-state index < -0.39 is 5.41 Å². The lowest BCUT2D eigenvalue weighted by Gasteiger charge is -2.39. The summed E-state index contributed by atoms with van der Waals surface area (Å²) in [6.07, 6.45) is 4.38. The van der Waals surface area contributed by atoms with Crippen molar-refractivity contribution in [3.63, 3.8) is 0 Å². The van der Waals surface area contributed by atoms with E-state index in [9.17, 15) is 9.59 Å². The summed E-state index contributed by atoms with van der Waals surface area (Å²) in [6, 6.07) is 6.83. The van der Waals surface area contributed by atoms with E-state index in [1.54, 1.807) is 43.0 Å². The molecule has 0 radical (unpaired) electrons. The molecule has 1 aromatic carbocycles. The Balaban J connectivity index is 1.62. The number of aromatic nitrogens is 1. The smallest absolute Gasteiger partial charge is 0.257 e. The maximum absolute atomic E-state index is 12.5. The average molecular weight is 345 g/mol. The van der Waals surface area contributed by atoms with Crippen LogP contribution in [0.5, 0.6) is 0 Å². The maximum atomic E-state index is 12.5. The molecule has 1 aliphatic carbocycles. The fourth-order valence-electron chi connectivity index (χ4n) is 2.74. The van der Waals surface area contributed by atoms with Gasteiger partial charge in [-0.3, -0.25) is 14.9 Å². The third-order valence-corrected chi connectivity index (χ3v) is 4.96. The Hall–Kier alpha value is -2.25. The highest BCUT2D eigenvalue weighted by atomic mass is 32.1. The van der Waals surface area contributed by atoms with Crippen molar-refractivity contribution in [2.75, 3.05) is 24.4 Å². The zero-order valence-electron chi connectivity index (χ0n) is 13.4. The number of thiazole rings is 1. The van der Waals surface area contributed by atoms with Crippen LogP contribution >= 0.6 is 11.3 Å². The summed E-state index contributed by atoms with van der Waals surface area (Å²) < 4.78 is 5.19. The number of hydrogen-bond donors (Lipinski definition) is 2. The summed E-state index contributed by atoms with van der Waals surface area (Å²) in [5.41, 5.74) is 0.780. The number of hydrogen-bond acceptors (Lipinski definition) is 5. The quantitative estimate of drug-likeness (QED) is 0.843. The largest absolute Gasteiger partial charge is 0.384 e. The van der Waals surface area contributed by atoms with Crippen molar-refractivity contribution in [1.29, 1.82) is 0 Å². The van der Waals surface area contributed by atoms with Crippen LogP contribution in [0, 0.1) is 5.41 Å². The van der Waals surface area contributed by atoms with E-state index in [0.29, 0.717) is 23.0 Å². The van der Waals surface area contributed by atoms with Crippen LogP contribution in [0.15, 0.2) is 35.8 Å². The number of rotatable bonds is 6. The fourth-order valence-corrected chi connectivity index (χ4v) is 3.26. The first-order valence-corrected chi connectivity index (χ1v) is 8.62. The molecule has 2 amide bonds. The van der Waals surface area contributed by atoms with Gasteiger partial charge >= 0.3 is 0 Å². The van der Waals surface area contributed by atoms with Gasteiger partial charge in [0.25, 0.3) is 5.91 Å². The predicted octanol–water partition coefficient (Wildman–Crippen LogP) is 3.15. The Morgan fingerprint density at radius 3 is 2.54 bits per heavy atom. The average Bonchev–Trinajstić information content (AvgIpc) is 3.04. The lowest BCUT2D eigenvalue weighted by atomic mass is 9.68. The van der Waals surface area contributed by atoms with Gasteiger partial charge in [-0.15, -0.1) is 11.3 Å². The highest BCUT2D eigenvalue weighted by Gasteiger charge is 2.44. The van der Waals surface area contributed by atoms with E-state index in [4.69, 9.17) is 4.74 Å². The van der Waals surface area contributed by atoms with Gasteiger partial charge in [-0.05, 0) is 37.1 Å². The fraction of sp³-hybridized carbons (Fsp3) is 0.353. The second kappa shape index (κ2) is 7.11. The monoisotopic (exact) mass is 345 g/mol. The van der Waals surface area contributed by atoms with Gasteiger partial charge in [0.2, 0.25) is 5.91 Å². The molecule has 0 atom stereocenters. The number of carbonyl (C=O) groups excluding carboxylic acids is 2. The minimum atomic E-state index is -0.407. The molecule has 0 aliphatic heterocycles. The Kier molecular flexibility index (Phi) is 4.92. The molecule has 7 heteroatoms. The molecule has 1 fully saturated rings. The Morgan fingerprint density at radius 1 is 1.25 bits per heavy atom. The van der Waals surface area contributed by atoms with Crippen molar-refractivity contribution in [3.05, 3.63) is 41.4 Å². The molecule has 0 unspecified atom stereocenters. The second-order valence-electron chi connectivity index (χ2n) is 5.89. The van der Waals surface area contributed by atoms with Gasteiger partial charge < -0.3 is 10.1 Å². The third kappa shape index (κ3) is 3.47. The number of nitrogens with one attached hydrogen (secondary N) is 2. The molecule has 24 heavy (non-hydrogen) atoms. The van der Waals surface area contributed by atoms with E-state index in [1.165, 1.54) is 11.3 Å². The van der Waals surface area contributed by atoms with E-state index in [0.717, 1.165) is 19.3 Å². The van der Waals surface area contributed by atoms with Crippen LogP contribution in [-0.4, -0.2) is 30.5 Å². The first-order chi connectivity index (χ1) is 11.6. The van der Waals surface area contributed by atoms with E-state index >= 15 is 0 Å². The molecule has 2 N–H and O–H groups in total. The molecular formula is C17H19N3O3S. The first kappa shape index (κ1) is 16.6.